The van der Waals surface area contributed by atoms with Gasteiger partial charge in [-0.25, -0.2) is 0 Å². The number of rotatable bonds is 5. The molecule has 0 saturated heterocycles. The van der Waals surface area contributed by atoms with E-state index in [4.69, 9.17) is 0 Å². The highest BCUT2D eigenvalue weighted by atomic mass is 16.3. The van der Waals surface area contributed by atoms with Gasteiger partial charge in [0, 0.05) is 0 Å². The molecule has 2 aromatic rings. The van der Waals surface area contributed by atoms with Gasteiger partial charge in [-0.3, -0.25) is 0 Å². The van der Waals surface area contributed by atoms with E-state index >= 15 is 0 Å². The highest BCUT2D eigenvalue weighted by Gasteiger charge is 2.31. The Morgan fingerprint density at radius 1 is 1.00 bits per heavy atom. The van der Waals surface area contributed by atoms with E-state index in [-0.39, 0.29) is 0 Å². The molecule has 1 saturated carbocycles. The van der Waals surface area contributed by atoms with E-state index in [0.29, 0.717) is 5.92 Å². The Balaban J connectivity index is 2.00. The van der Waals surface area contributed by atoms with Crippen LogP contribution in [0.25, 0.3) is 0 Å². The Bertz CT molecular complexity index is 586. The largest absolute Gasteiger partial charge is 0.380 e. The maximum Gasteiger partial charge on any atom is 0.115 e. The molecule has 1 unspecified atom stereocenters. The molecular formula is C20H24O. The Hall–Kier alpha value is -1.60. The quantitative estimate of drug-likeness (QED) is 0.818. The van der Waals surface area contributed by atoms with Crippen molar-refractivity contribution in [3.8, 4) is 0 Å². The maximum atomic E-state index is 11.4. The first-order chi connectivity index (χ1) is 10.2. The van der Waals surface area contributed by atoms with Crippen molar-refractivity contribution in [2.45, 2.75) is 50.5 Å². The molecular weight excluding hydrogens is 256 g/mol. The minimum atomic E-state index is -0.865. The summed E-state index contributed by atoms with van der Waals surface area (Å²) in [6.45, 7) is 2.13. The summed E-state index contributed by atoms with van der Waals surface area (Å²) in [5.41, 5.74) is 2.57. The summed E-state index contributed by atoms with van der Waals surface area (Å²) >= 11 is 0. The molecule has 1 fully saturated rings. The molecule has 0 amide bonds. The Morgan fingerprint density at radius 3 is 2.33 bits per heavy atom. The molecule has 0 bridgehead atoms. The Morgan fingerprint density at radius 2 is 1.71 bits per heavy atom. The normalized spacial score (nSPS) is 18.0. The third kappa shape index (κ3) is 2.75. The minimum absolute atomic E-state index is 0.701. The second kappa shape index (κ2) is 6.03. The van der Waals surface area contributed by atoms with Crippen LogP contribution in [0.3, 0.4) is 0 Å². The fourth-order valence-electron chi connectivity index (χ4n) is 3.32. The second-order valence-corrected chi connectivity index (χ2v) is 6.23. The van der Waals surface area contributed by atoms with Crippen LogP contribution in [0.5, 0.6) is 0 Å². The van der Waals surface area contributed by atoms with Crippen LogP contribution in [0.4, 0.5) is 0 Å². The van der Waals surface area contributed by atoms with E-state index in [0.717, 1.165) is 24.0 Å². The lowest BCUT2D eigenvalue weighted by molar-refractivity contribution is 0.0700. The molecule has 2 aromatic carbocycles. The molecule has 0 aliphatic heterocycles. The van der Waals surface area contributed by atoms with Gasteiger partial charge in [0.1, 0.15) is 5.60 Å². The van der Waals surface area contributed by atoms with Crippen molar-refractivity contribution in [3.63, 3.8) is 0 Å². The van der Waals surface area contributed by atoms with E-state index in [1.165, 1.54) is 24.8 Å². The third-order valence-corrected chi connectivity index (χ3v) is 4.80. The molecule has 1 heteroatoms. The van der Waals surface area contributed by atoms with Gasteiger partial charge in [-0.05, 0) is 41.9 Å². The summed E-state index contributed by atoms with van der Waals surface area (Å²) < 4.78 is 0. The number of hydrogen-bond acceptors (Lipinski definition) is 1. The fourth-order valence-corrected chi connectivity index (χ4v) is 3.32. The molecule has 1 aliphatic carbocycles. The maximum absolute atomic E-state index is 11.4. The van der Waals surface area contributed by atoms with E-state index in [1.54, 1.807) is 0 Å². The molecule has 3 rings (SSSR count). The van der Waals surface area contributed by atoms with Gasteiger partial charge in [-0.2, -0.15) is 0 Å². The minimum Gasteiger partial charge on any atom is -0.380 e. The topological polar surface area (TPSA) is 20.2 Å². The van der Waals surface area contributed by atoms with Crippen LogP contribution < -0.4 is 0 Å². The molecule has 21 heavy (non-hydrogen) atoms. The summed E-state index contributed by atoms with van der Waals surface area (Å²) in [5.74, 6) is 0.701. The predicted molar refractivity (Wildman–Crippen MR) is 87.4 cm³/mol. The van der Waals surface area contributed by atoms with Gasteiger partial charge in [0.15, 0.2) is 0 Å². The molecule has 0 aromatic heterocycles. The molecule has 0 spiro atoms. The average Bonchev–Trinajstić information content (AvgIpc) is 2.47. The van der Waals surface area contributed by atoms with Gasteiger partial charge in [0.05, 0.1) is 0 Å². The molecule has 1 N–H and O–H groups in total. The average molecular weight is 280 g/mol. The first-order valence-electron chi connectivity index (χ1n) is 8.12. The van der Waals surface area contributed by atoms with Crippen LogP contribution in [0.2, 0.25) is 0 Å². The Kier molecular flexibility index (Phi) is 4.12. The zero-order valence-corrected chi connectivity index (χ0v) is 12.8. The van der Waals surface area contributed by atoms with E-state index in [1.807, 2.05) is 30.3 Å². The fraction of sp³-hybridized carbons (Fsp3) is 0.400. The number of benzene rings is 2. The van der Waals surface area contributed by atoms with Gasteiger partial charge in [-0.1, -0.05) is 74.4 Å². The summed E-state index contributed by atoms with van der Waals surface area (Å²) in [7, 11) is 0. The molecule has 1 atom stereocenters. The third-order valence-electron chi connectivity index (χ3n) is 4.80. The summed E-state index contributed by atoms with van der Waals surface area (Å²) in [6.07, 6.45) is 5.64. The van der Waals surface area contributed by atoms with Crippen LogP contribution in [-0.4, -0.2) is 5.11 Å². The van der Waals surface area contributed by atoms with Crippen LogP contribution in [0.15, 0.2) is 54.6 Å². The predicted octanol–water partition coefficient (Wildman–Crippen LogP) is 4.99. The van der Waals surface area contributed by atoms with E-state index < -0.39 is 5.60 Å². The lowest BCUT2D eigenvalue weighted by Gasteiger charge is -2.31. The highest BCUT2D eigenvalue weighted by Crippen LogP contribution is 2.40. The van der Waals surface area contributed by atoms with Crippen molar-refractivity contribution in [3.05, 3.63) is 71.3 Å². The Labute approximate surface area is 127 Å². The van der Waals surface area contributed by atoms with Crippen molar-refractivity contribution in [2.24, 2.45) is 0 Å². The zero-order chi connectivity index (χ0) is 14.7. The van der Waals surface area contributed by atoms with Crippen molar-refractivity contribution < 1.29 is 5.11 Å². The lowest BCUT2D eigenvalue weighted by Crippen LogP contribution is -2.27. The van der Waals surface area contributed by atoms with Crippen molar-refractivity contribution in [1.29, 1.82) is 0 Å². The van der Waals surface area contributed by atoms with Crippen molar-refractivity contribution in [1.82, 2.24) is 0 Å². The first kappa shape index (κ1) is 14.3. The standard InChI is InChI=1S/C20H24O/c1-2-14-20(21,18-11-4-3-5-12-18)19-13-7-10-17(15-19)16-8-6-9-16/h3-5,7,10-13,15-16,21H,2,6,8-9,14H2,1H3. The summed E-state index contributed by atoms with van der Waals surface area (Å²) in [6, 6.07) is 18.7. The van der Waals surface area contributed by atoms with Crippen molar-refractivity contribution in [2.75, 3.05) is 0 Å². The van der Waals surface area contributed by atoms with Crippen LogP contribution in [0, 0.1) is 0 Å². The van der Waals surface area contributed by atoms with Gasteiger partial charge in [0.2, 0.25) is 0 Å². The highest BCUT2D eigenvalue weighted by molar-refractivity contribution is 5.39. The van der Waals surface area contributed by atoms with Crippen LogP contribution in [-0.2, 0) is 5.60 Å². The molecule has 0 radical (unpaired) electrons. The molecule has 1 aliphatic rings. The summed E-state index contributed by atoms with van der Waals surface area (Å²) in [4.78, 5) is 0. The molecule has 0 heterocycles. The first-order valence-corrected chi connectivity index (χ1v) is 8.12. The monoisotopic (exact) mass is 280 g/mol. The van der Waals surface area contributed by atoms with Gasteiger partial charge in [-0.15, -0.1) is 0 Å². The molecule has 110 valence electrons. The van der Waals surface area contributed by atoms with E-state index in [2.05, 4.69) is 31.2 Å². The number of hydrogen-bond donors (Lipinski definition) is 1. The smallest absolute Gasteiger partial charge is 0.115 e. The van der Waals surface area contributed by atoms with Gasteiger partial charge in [0.25, 0.3) is 0 Å². The number of aliphatic hydroxyl groups is 1. The second-order valence-electron chi connectivity index (χ2n) is 6.23. The molecule has 1 nitrogen and oxygen atoms in total. The zero-order valence-electron chi connectivity index (χ0n) is 12.8. The van der Waals surface area contributed by atoms with Crippen LogP contribution >= 0.6 is 0 Å². The van der Waals surface area contributed by atoms with E-state index in [9.17, 15) is 5.11 Å². The SMILES string of the molecule is CCCC(O)(c1ccccc1)c1cccc(C2CCC2)c1. The van der Waals surface area contributed by atoms with Crippen molar-refractivity contribution >= 4 is 0 Å². The lowest BCUT2D eigenvalue weighted by atomic mass is 9.77. The van der Waals surface area contributed by atoms with Crippen LogP contribution in [0.1, 0.15) is 61.6 Å². The summed E-state index contributed by atoms with van der Waals surface area (Å²) in [5, 5.41) is 11.4. The van der Waals surface area contributed by atoms with Gasteiger partial charge >= 0.3 is 0 Å². The van der Waals surface area contributed by atoms with Gasteiger partial charge < -0.3 is 5.11 Å².